The summed E-state index contributed by atoms with van der Waals surface area (Å²) in [4.78, 5) is 18.9. The van der Waals surface area contributed by atoms with Gasteiger partial charge in [0.2, 0.25) is 0 Å². The molecule has 1 aliphatic heterocycles. The van der Waals surface area contributed by atoms with Crippen molar-refractivity contribution < 1.29 is 14.3 Å². The van der Waals surface area contributed by atoms with E-state index in [9.17, 15) is 4.79 Å². The van der Waals surface area contributed by atoms with Gasteiger partial charge < -0.3 is 9.47 Å². The lowest BCUT2D eigenvalue weighted by molar-refractivity contribution is -0.118. The number of benzene rings is 1. The Kier molecular flexibility index (Phi) is 6.94. The van der Waals surface area contributed by atoms with E-state index in [0.717, 1.165) is 25.3 Å². The molecule has 2 heterocycles. The van der Waals surface area contributed by atoms with Gasteiger partial charge in [0.25, 0.3) is 5.91 Å². The lowest BCUT2D eigenvalue weighted by Gasteiger charge is -2.34. The third-order valence-corrected chi connectivity index (χ3v) is 5.27. The molecule has 0 aliphatic carbocycles. The molecule has 1 aliphatic rings. The first-order valence-corrected chi connectivity index (χ1v) is 10.2. The van der Waals surface area contributed by atoms with E-state index in [1.807, 2.05) is 5.38 Å². The first kappa shape index (κ1) is 20.4. The van der Waals surface area contributed by atoms with E-state index < -0.39 is 0 Å². The molecule has 2 aromatic rings. The fraction of sp³-hybridized carbons (Fsp3) is 0.444. The fourth-order valence-corrected chi connectivity index (χ4v) is 4.15. The van der Waals surface area contributed by atoms with Gasteiger partial charge in [-0.3, -0.25) is 15.0 Å². The minimum atomic E-state index is -0.296. The molecular formula is C18H21Cl2N3O3S. The molecule has 0 spiro atoms. The lowest BCUT2D eigenvalue weighted by Crippen LogP contribution is -2.44. The van der Waals surface area contributed by atoms with E-state index in [2.05, 4.69) is 29.0 Å². The Morgan fingerprint density at radius 1 is 1.37 bits per heavy atom. The normalized spacial score (nSPS) is 20.4. The topological polar surface area (TPSA) is 63.7 Å². The zero-order valence-electron chi connectivity index (χ0n) is 15.1. The number of ether oxygens (including phenoxy) is 2. The van der Waals surface area contributed by atoms with Crippen LogP contribution in [0.25, 0.3) is 0 Å². The highest BCUT2D eigenvalue weighted by atomic mass is 35.5. The van der Waals surface area contributed by atoms with Crippen LogP contribution in [0.1, 0.15) is 19.5 Å². The van der Waals surface area contributed by atoms with Gasteiger partial charge in [-0.1, -0.05) is 23.2 Å². The number of anilines is 1. The van der Waals surface area contributed by atoms with Crippen LogP contribution >= 0.6 is 34.5 Å². The summed E-state index contributed by atoms with van der Waals surface area (Å²) >= 11 is 13.3. The van der Waals surface area contributed by atoms with Crippen molar-refractivity contribution in [1.29, 1.82) is 0 Å². The van der Waals surface area contributed by atoms with E-state index in [4.69, 9.17) is 32.7 Å². The van der Waals surface area contributed by atoms with Gasteiger partial charge in [-0.15, -0.1) is 11.3 Å². The van der Waals surface area contributed by atoms with Crippen LogP contribution in [0.4, 0.5) is 5.13 Å². The lowest BCUT2D eigenvalue weighted by atomic mass is 10.2. The smallest absolute Gasteiger partial charge is 0.264 e. The van der Waals surface area contributed by atoms with Gasteiger partial charge in [0, 0.05) is 30.0 Å². The maximum absolute atomic E-state index is 12.1. The Hall–Kier alpha value is -1.38. The minimum Gasteiger partial charge on any atom is -0.482 e. The highest BCUT2D eigenvalue weighted by molar-refractivity contribution is 7.13. The summed E-state index contributed by atoms with van der Waals surface area (Å²) in [5.41, 5.74) is 0.929. The summed E-state index contributed by atoms with van der Waals surface area (Å²) in [5, 5.41) is 6.13. The van der Waals surface area contributed by atoms with Crippen LogP contribution in [0, 0.1) is 0 Å². The first-order valence-electron chi connectivity index (χ1n) is 8.59. The predicted octanol–water partition coefficient (Wildman–Crippen LogP) is 4.08. The maximum atomic E-state index is 12.1. The number of carbonyl (C=O) groups is 1. The molecule has 2 atom stereocenters. The van der Waals surface area contributed by atoms with Crippen molar-refractivity contribution in [3.8, 4) is 5.75 Å². The highest BCUT2D eigenvalue weighted by Crippen LogP contribution is 2.27. The molecule has 0 saturated carbocycles. The number of morpholine rings is 1. The molecule has 1 aromatic carbocycles. The van der Waals surface area contributed by atoms with Gasteiger partial charge in [-0.05, 0) is 32.0 Å². The molecule has 1 N–H and O–H groups in total. The quantitative estimate of drug-likeness (QED) is 0.749. The monoisotopic (exact) mass is 429 g/mol. The minimum absolute atomic E-state index is 0.158. The van der Waals surface area contributed by atoms with Gasteiger partial charge >= 0.3 is 0 Å². The summed E-state index contributed by atoms with van der Waals surface area (Å²) < 4.78 is 11.2. The third kappa shape index (κ3) is 6.05. The van der Waals surface area contributed by atoms with Crippen molar-refractivity contribution in [3.05, 3.63) is 39.3 Å². The number of hydrogen-bond donors (Lipinski definition) is 1. The summed E-state index contributed by atoms with van der Waals surface area (Å²) in [6, 6.07) is 4.85. The number of amides is 1. The van der Waals surface area contributed by atoms with E-state index in [0.29, 0.717) is 20.9 Å². The van der Waals surface area contributed by atoms with Crippen molar-refractivity contribution in [2.24, 2.45) is 0 Å². The standard InChI is InChI=1S/C18H21Cl2N3O3S/c1-11-6-23(7-12(2)26-11)8-14-10-27-18(21-14)22-17(24)9-25-16-4-3-13(19)5-15(16)20/h3-5,10-12H,6-9H2,1-2H3,(H,21,22,24)/t11-,12-/m0/s1. The molecule has 1 amide bonds. The maximum Gasteiger partial charge on any atom is 0.264 e. The van der Waals surface area contributed by atoms with E-state index >= 15 is 0 Å². The number of nitrogens with zero attached hydrogens (tertiary/aromatic N) is 2. The van der Waals surface area contributed by atoms with Crippen LogP contribution in [-0.4, -0.2) is 47.7 Å². The van der Waals surface area contributed by atoms with Crippen molar-refractivity contribution in [2.75, 3.05) is 25.0 Å². The third-order valence-electron chi connectivity index (χ3n) is 3.93. The Labute approximate surface area is 172 Å². The number of aromatic nitrogens is 1. The molecular weight excluding hydrogens is 409 g/mol. The second-order valence-electron chi connectivity index (χ2n) is 6.51. The van der Waals surface area contributed by atoms with Crippen LogP contribution < -0.4 is 10.1 Å². The second kappa shape index (κ2) is 9.21. The summed E-state index contributed by atoms with van der Waals surface area (Å²) in [6.45, 7) is 6.47. The Balaban J connectivity index is 1.49. The molecule has 0 unspecified atom stereocenters. The SMILES string of the molecule is C[C@H]1CN(Cc2csc(NC(=O)COc3ccc(Cl)cc3Cl)n2)C[C@H](C)O1. The molecule has 1 fully saturated rings. The fourth-order valence-electron chi connectivity index (χ4n) is 2.97. The van der Waals surface area contributed by atoms with Crippen LogP contribution in [0.3, 0.4) is 0 Å². The number of nitrogens with one attached hydrogen (secondary N) is 1. The summed E-state index contributed by atoms with van der Waals surface area (Å²) in [7, 11) is 0. The second-order valence-corrected chi connectivity index (χ2v) is 8.21. The number of rotatable bonds is 6. The molecule has 1 saturated heterocycles. The number of thiazole rings is 1. The van der Waals surface area contributed by atoms with Crippen molar-refractivity contribution in [3.63, 3.8) is 0 Å². The van der Waals surface area contributed by atoms with Gasteiger partial charge in [0.05, 0.1) is 22.9 Å². The average molecular weight is 430 g/mol. The van der Waals surface area contributed by atoms with Gasteiger partial charge in [-0.2, -0.15) is 0 Å². The molecule has 146 valence electrons. The van der Waals surface area contributed by atoms with Gasteiger partial charge in [0.15, 0.2) is 11.7 Å². The summed E-state index contributed by atoms with van der Waals surface area (Å²) in [5.74, 6) is 0.113. The Bertz CT molecular complexity index is 792. The Morgan fingerprint density at radius 3 is 2.81 bits per heavy atom. The van der Waals surface area contributed by atoms with Gasteiger partial charge in [0.1, 0.15) is 5.75 Å². The number of halogens is 2. The van der Waals surface area contributed by atoms with E-state index in [-0.39, 0.29) is 24.7 Å². The van der Waals surface area contributed by atoms with Crippen molar-refractivity contribution in [2.45, 2.75) is 32.6 Å². The largest absolute Gasteiger partial charge is 0.482 e. The van der Waals surface area contributed by atoms with E-state index in [1.54, 1.807) is 18.2 Å². The van der Waals surface area contributed by atoms with Gasteiger partial charge in [-0.25, -0.2) is 4.98 Å². The van der Waals surface area contributed by atoms with Crippen LogP contribution in [-0.2, 0) is 16.1 Å². The number of carbonyl (C=O) groups excluding carboxylic acids is 1. The Morgan fingerprint density at radius 2 is 2.11 bits per heavy atom. The first-order chi connectivity index (χ1) is 12.9. The zero-order chi connectivity index (χ0) is 19.4. The van der Waals surface area contributed by atoms with Crippen LogP contribution in [0.2, 0.25) is 10.0 Å². The zero-order valence-corrected chi connectivity index (χ0v) is 17.4. The number of hydrogen-bond acceptors (Lipinski definition) is 6. The van der Waals surface area contributed by atoms with Crippen LogP contribution in [0.5, 0.6) is 5.75 Å². The molecule has 3 rings (SSSR count). The highest BCUT2D eigenvalue weighted by Gasteiger charge is 2.22. The van der Waals surface area contributed by atoms with Crippen LogP contribution in [0.15, 0.2) is 23.6 Å². The molecule has 9 heteroatoms. The molecule has 0 radical (unpaired) electrons. The van der Waals surface area contributed by atoms with Crippen molar-refractivity contribution in [1.82, 2.24) is 9.88 Å². The molecule has 1 aromatic heterocycles. The van der Waals surface area contributed by atoms with Crippen molar-refractivity contribution >= 4 is 45.6 Å². The molecule has 27 heavy (non-hydrogen) atoms. The molecule has 6 nitrogen and oxygen atoms in total. The molecule has 0 bridgehead atoms. The van der Waals surface area contributed by atoms with E-state index in [1.165, 1.54) is 11.3 Å². The predicted molar refractivity (Wildman–Crippen MR) is 108 cm³/mol. The summed E-state index contributed by atoms with van der Waals surface area (Å²) in [6.07, 6.45) is 0.423. The average Bonchev–Trinajstić information content (AvgIpc) is 3.00.